The molecule has 0 aliphatic carbocycles. The second kappa shape index (κ2) is 9.67. The van der Waals surface area contributed by atoms with Gasteiger partial charge in [0.15, 0.2) is 11.7 Å². The molecule has 1 aromatic heterocycles. The van der Waals surface area contributed by atoms with Crippen molar-refractivity contribution in [2.75, 3.05) is 20.6 Å². The molecule has 3 rings (SSSR count). The van der Waals surface area contributed by atoms with Crippen LogP contribution in [0.15, 0.2) is 59.1 Å². The topological polar surface area (TPSA) is 58.4 Å². The van der Waals surface area contributed by atoms with Gasteiger partial charge in [0.25, 0.3) is 0 Å². The van der Waals surface area contributed by atoms with Gasteiger partial charge in [-0.05, 0) is 43.9 Å². The molecule has 0 unspecified atom stereocenters. The van der Waals surface area contributed by atoms with E-state index in [2.05, 4.69) is 10.3 Å². The highest BCUT2D eigenvalue weighted by atomic mass is 35.5. The van der Waals surface area contributed by atoms with Crippen molar-refractivity contribution >= 4 is 17.5 Å². The highest BCUT2D eigenvalue weighted by molar-refractivity contribution is 6.33. The molecule has 0 saturated carbocycles. The first-order chi connectivity index (χ1) is 13.9. The monoisotopic (exact) mass is 415 g/mol. The number of aromatic nitrogens is 1. The number of hydrogen-bond acceptors (Lipinski definition) is 4. The van der Waals surface area contributed by atoms with Gasteiger partial charge in [-0.3, -0.25) is 4.79 Å². The Balaban J connectivity index is 1.54. The number of aryl methyl sites for hydroxylation is 1. The number of nitrogens with one attached hydrogen (secondary N) is 1. The van der Waals surface area contributed by atoms with Gasteiger partial charge in [-0.25, -0.2) is 9.37 Å². The molecular formula is C22H23ClFN3O2. The fourth-order valence-electron chi connectivity index (χ4n) is 3.04. The van der Waals surface area contributed by atoms with Crippen LogP contribution in [0.1, 0.15) is 23.9 Å². The number of rotatable bonds is 8. The third-order valence-electron chi connectivity index (χ3n) is 4.61. The molecule has 1 atom stereocenters. The summed E-state index contributed by atoms with van der Waals surface area (Å²) >= 11 is 6.17. The molecule has 0 fully saturated rings. The molecule has 2 aromatic carbocycles. The lowest BCUT2D eigenvalue weighted by Gasteiger charge is -2.25. The van der Waals surface area contributed by atoms with Crippen molar-refractivity contribution in [2.24, 2.45) is 0 Å². The molecule has 152 valence electrons. The lowest BCUT2D eigenvalue weighted by Crippen LogP contribution is -2.34. The maximum Gasteiger partial charge on any atom is 0.220 e. The predicted molar refractivity (Wildman–Crippen MR) is 111 cm³/mol. The maximum atomic E-state index is 13.5. The van der Waals surface area contributed by atoms with Crippen LogP contribution >= 0.6 is 11.6 Å². The summed E-state index contributed by atoms with van der Waals surface area (Å²) in [6.07, 6.45) is 2.23. The Morgan fingerprint density at radius 1 is 1.24 bits per heavy atom. The third-order valence-corrected chi connectivity index (χ3v) is 4.94. The number of oxazole rings is 1. The minimum absolute atomic E-state index is 0.120. The summed E-state index contributed by atoms with van der Waals surface area (Å²) in [4.78, 5) is 18.5. The summed E-state index contributed by atoms with van der Waals surface area (Å²) in [5.41, 5.74) is 1.58. The van der Waals surface area contributed by atoms with Crippen LogP contribution < -0.4 is 5.32 Å². The van der Waals surface area contributed by atoms with Gasteiger partial charge in [0.1, 0.15) is 5.82 Å². The number of carbonyl (C=O) groups excluding carboxylic acids is 1. The summed E-state index contributed by atoms with van der Waals surface area (Å²) in [6, 6.07) is 13.6. The predicted octanol–water partition coefficient (Wildman–Crippen LogP) is 4.49. The molecule has 0 aliphatic heterocycles. The fourth-order valence-corrected chi connectivity index (χ4v) is 3.27. The molecule has 1 N–H and O–H groups in total. The zero-order valence-electron chi connectivity index (χ0n) is 16.4. The summed E-state index contributed by atoms with van der Waals surface area (Å²) in [5.74, 6) is 0.638. The van der Waals surface area contributed by atoms with E-state index in [0.29, 0.717) is 29.6 Å². The van der Waals surface area contributed by atoms with E-state index in [1.54, 1.807) is 18.3 Å². The SMILES string of the molecule is CN(C)[C@@H](CNC(=O)CCc1ncc(-c2ccccc2Cl)o1)c1cccc(F)c1. The fraction of sp³-hybridized carbons (Fsp3) is 0.273. The van der Waals surface area contributed by atoms with Crippen molar-refractivity contribution in [1.82, 2.24) is 15.2 Å². The van der Waals surface area contributed by atoms with E-state index in [0.717, 1.165) is 11.1 Å². The summed E-state index contributed by atoms with van der Waals surface area (Å²) in [7, 11) is 3.79. The van der Waals surface area contributed by atoms with E-state index in [4.69, 9.17) is 16.0 Å². The standard InChI is InChI=1S/C22H23ClFN3O2/c1-27(2)19(15-6-5-7-16(24)12-15)13-25-21(28)10-11-22-26-14-20(29-22)17-8-3-4-9-18(17)23/h3-9,12,14,19H,10-11,13H2,1-2H3,(H,25,28)/t19-/m0/s1. The number of amides is 1. The zero-order chi connectivity index (χ0) is 20.8. The summed E-state index contributed by atoms with van der Waals surface area (Å²) in [5, 5.41) is 3.49. The molecule has 1 amide bonds. The number of nitrogens with zero attached hydrogens (tertiary/aromatic N) is 2. The van der Waals surface area contributed by atoms with E-state index < -0.39 is 0 Å². The molecule has 0 saturated heterocycles. The average molecular weight is 416 g/mol. The van der Waals surface area contributed by atoms with Crippen molar-refractivity contribution in [3.63, 3.8) is 0 Å². The van der Waals surface area contributed by atoms with Gasteiger partial charge in [-0.1, -0.05) is 35.9 Å². The first kappa shape index (κ1) is 21.0. The average Bonchev–Trinajstić information content (AvgIpc) is 3.15. The minimum atomic E-state index is -0.293. The molecule has 0 spiro atoms. The lowest BCUT2D eigenvalue weighted by atomic mass is 10.1. The Hall–Kier alpha value is -2.70. The minimum Gasteiger partial charge on any atom is -0.441 e. The lowest BCUT2D eigenvalue weighted by molar-refractivity contribution is -0.121. The molecule has 0 bridgehead atoms. The van der Waals surface area contributed by atoms with Crippen LogP contribution in [-0.4, -0.2) is 36.4 Å². The summed E-state index contributed by atoms with van der Waals surface area (Å²) < 4.78 is 19.2. The van der Waals surface area contributed by atoms with Gasteiger partial charge in [0.2, 0.25) is 5.91 Å². The molecular weight excluding hydrogens is 393 g/mol. The van der Waals surface area contributed by atoms with E-state index in [1.807, 2.05) is 43.3 Å². The Labute approximate surface area is 174 Å². The third kappa shape index (κ3) is 5.65. The highest BCUT2D eigenvalue weighted by Gasteiger charge is 2.16. The first-order valence-corrected chi connectivity index (χ1v) is 9.70. The van der Waals surface area contributed by atoms with Crippen molar-refractivity contribution < 1.29 is 13.6 Å². The Bertz CT molecular complexity index is 974. The molecule has 7 heteroatoms. The number of hydrogen-bond donors (Lipinski definition) is 1. The first-order valence-electron chi connectivity index (χ1n) is 9.32. The Morgan fingerprint density at radius 2 is 2.03 bits per heavy atom. The molecule has 3 aromatic rings. The van der Waals surface area contributed by atoms with Gasteiger partial charge in [0.05, 0.1) is 17.3 Å². The van der Waals surface area contributed by atoms with Crippen LogP contribution in [0.4, 0.5) is 4.39 Å². The molecule has 5 nitrogen and oxygen atoms in total. The quantitative estimate of drug-likeness (QED) is 0.589. The number of likely N-dealkylation sites (N-methyl/N-ethyl adjacent to an activating group) is 1. The second-order valence-electron chi connectivity index (χ2n) is 6.94. The molecule has 1 heterocycles. The normalized spacial score (nSPS) is 12.2. The van der Waals surface area contributed by atoms with E-state index in [-0.39, 0.29) is 24.2 Å². The smallest absolute Gasteiger partial charge is 0.220 e. The van der Waals surface area contributed by atoms with Crippen LogP contribution in [0.3, 0.4) is 0 Å². The Kier molecular flexibility index (Phi) is 7.01. The van der Waals surface area contributed by atoms with Gasteiger partial charge >= 0.3 is 0 Å². The number of halogens is 2. The van der Waals surface area contributed by atoms with E-state index in [1.165, 1.54) is 12.1 Å². The van der Waals surface area contributed by atoms with E-state index in [9.17, 15) is 9.18 Å². The van der Waals surface area contributed by atoms with Crippen LogP contribution in [0, 0.1) is 5.82 Å². The van der Waals surface area contributed by atoms with E-state index >= 15 is 0 Å². The van der Waals surface area contributed by atoms with Crippen molar-refractivity contribution in [3.05, 3.63) is 77.0 Å². The summed E-state index contributed by atoms with van der Waals surface area (Å²) in [6.45, 7) is 0.381. The maximum absolute atomic E-state index is 13.5. The largest absolute Gasteiger partial charge is 0.441 e. The number of benzene rings is 2. The van der Waals surface area contributed by atoms with Crippen molar-refractivity contribution in [3.8, 4) is 11.3 Å². The second-order valence-corrected chi connectivity index (χ2v) is 7.34. The zero-order valence-corrected chi connectivity index (χ0v) is 17.1. The van der Waals surface area contributed by atoms with Crippen LogP contribution in [0.2, 0.25) is 5.02 Å². The molecule has 0 aliphatic rings. The van der Waals surface area contributed by atoms with Gasteiger partial charge in [0, 0.05) is 24.9 Å². The number of carbonyl (C=O) groups is 1. The van der Waals surface area contributed by atoms with Crippen molar-refractivity contribution in [2.45, 2.75) is 18.9 Å². The van der Waals surface area contributed by atoms with Crippen molar-refractivity contribution in [1.29, 1.82) is 0 Å². The molecule has 29 heavy (non-hydrogen) atoms. The Morgan fingerprint density at radius 3 is 2.76 bits per heavy atom. The van der Waals surface area contributed by atoms with Crippen LogP contribution in [-0.2, 0) is 11.2 Å². The highest BCUT2D eigenvalue weighted by Crippen LogP contribution is 2.28. The van der Waals surface area contributed by atoms with Gasteiger partial charge < -0.3 is 14.6 Å². The van der Waals surface area contributed by atoms with Gasteiger partial charge in [-0.2, -0.15) is 0 Å². The van der Waals surface area contributed by atoms with Crippen LogP contribution in [0.5, 0.6) is 0 Å². The van der Waals surface area contributed by atoms with Gasteiger partial charge in [-0.15, -0.1) is 0 Å². The molecule has 0 radical (unpaired) electrons. The van der Waals surface area contributed by atoms with Crippen LogP contribution in [0.25, 0.3) is 11.3 Å².